The number of nitrogens with one attached hydrogen (secondary N) is 1. The SMILES string of the molecule is CCOc1c(C)cc(NC(=O)C2(OCC)CCCCCC2)cc1C. The molecule has 1 aliphatic rings. The molecule has 2 rings (SSSR count). The molecule has 4 nitrogen and oxygen atoms in total. The molecule has 1 amide bonds. The molecule has 24 heavy (non-hydrogen) atoms. The van der Waals surface area contributed by atoms with Crippen molar-refractivity contribution in [3.8, 4) is 5.75 Å². The number of carbonyl (C=O) groups excluding carboxylic acids is 1. The summed E-state index contributed by atoms with van der Waals surface area (Å²) in [6.45, 7) is 9.17. The molecule has 134 valence electrons. The molecule has 1 saturated carbocycles. The summed E-state index contributed by atoms with van der Waals surface area (Å²) in [6, 6.07) is 3.96. The number of rotatable bonds is 6. The zero-order valence-corrected chi connectivity index (χ0v) is 15.5. The normalized spacial score (nSPS) is 17.2. The van der Waals surface area contributed by atoms with E-state index in [-0.39, 0.29) is 5.91 Å². The van der Waals surface area contributed by atoms with E-state index in [1.165, 1.54) is 12.8 Å². The molecular formula is C20H31NO3. The highest BCUT2D eigenvalue weighted by molar-refractivity contribution is 5.97. The van der Waals surface area contributed by atoms with Crippen molar-refractivity contribution in [3.63, 3.8) is 0 Å². The maximum absolute atomic E-state index is 13.0. The predicted octanol–water partition coefficient (Wildman–Crippen LogP) is 4.77. The molecule has 0 bridgehead atoms. The van der Waals surface area contributed by atoms with Crippen LogP contribution in [0.4, 0.5) is 5.69 Å². The maximum Gasteiger partial charge on any atom is 0.256 e. The molecule has 1 aliphatic carbocycles. The first kappa shape index (κ1) is 18.8. The Morgan fingerprint density at radius 3 is 2.12 bits per heavy atom. The monoisotopic (exact) mass is 333 g/mol. The van der Waals surface area contributed by atoms with E-state index < -0.39 is 5.60 Å². The number of hydrogen-bond donors (Lipinski definition) is 1. The topological polar surface area (TPSA) is 47.6 Å². The van der Waals surface area contributed by atoms with Gasteiger partial charge in [-0.05, 0) is 63.8 Å². The molecule has 1 aromatic carbocycles. The summed E-state index contributed by atoms with van der Waals surface area (Å²) < 4.78 is 11.7. The Kier molecular flexibility index (Phi) is 6.67. The van der Waals surface area contributed by atoms with Gasteiger partial charge in [-0.25, -0.2) is 0 Å². The van der Waals surface area contributed by atoms with Gasteiger partial charge in [0.1, 0.15) is 11.4 Å². The van der Waals surface area contributed by atoms with Crippen molar-refractivity contribution in [2.75, 3.05) is 18.5 Å². The van der Waals surface area contributed by atoms with Crippen molar-refractivity contribution in [3.05, 3.63) is 23.3 Å². The van der Waals surface area contributed by atoms with E-state index in [0.29, 0.717) is 13.2 Å². The highest BCUT2D eigenvalue weighted by Gasteiger charge is 2.39. The van der Waals surface area contributed by atoms with Gasteiger partial charge in [-0.1, -0.05) is 25.7 Å². The minimum absolute atomic E-state index is 0.00536. The molecular weight excluding hydrogens is 302 g/mol. The fourth-order valence-electron chi connectivity index (χ4n) is 3.65. The van der Waals surface area contributed by atoms with E-state index in [4.69, 9.17) is 9.47 Å². The molecule has 1 fully saturated rings. The first-order valence-electron chi connectivity index (χ1n) is 9.22. The minimum Gasteiger partial charge on any atom is -0.493 e. The predicted molar refractivity (Wildman–Crippen MR) is 97.8 cm³/mol. The van der Waals surface area contributed by atoms with Crippen molar-refractivity contribution >= 4 is 11.6 Å². The third-order valence-electron chi connectivity index (χ3n) is 4.75. The number of ether oxygens (including phenoxy) is 2. The quantitative estimate of drug-likeness (QED) is 0.763. The van der Waals surface area contributed by atoms with Crippen LogP contribution in [0.15, 0.2) is 12.1 Å². The fourth-order valence-corrected chi connectivity index (χ4v) is 3.65. The highest BCUT2D eigenvalue weighted by atomic mass is 16.5. The van der Waals surface area contributed by atoms with Gasteiger partial charge in [0.15, 0.2) is 0 Å². The second-order valence-electron chi connectivity index (χ2n) is 6.67. The molecule has 0 spiro atoms. The Labute approximate surface area is 145 Å². The Morgan fingerprint density at radius 2 is 1.62 bits per heavy atom. The number of hydrogen-bond acceptors (Lipinski definition) is 3. The van der Waals surface area contributed by atoms with E-state index in [1.807, 2.05) is 39.8 Å². The Hall–Kier alpha value is -1.55. The molecule has 0 unspecified atom stereocenters. The first-order chi connectivity index (χ1) is 11.5. The molecule has 1 aromatic rings. The van der Waals surface area contributed by atoms with Crippen molar-refractivity contribution in [2.45, 2.75) is 71.8 Å². The van der Waals surface area contributed by atoms with Crippen LogP contribution >= 0.6 is 0 Å². The molecule has 0 saturated heterocycles. The summed E-state index contributed by atoms with van der Waals surface area (Å²) in [7, 11) is 0. The van der Waals surface area contributed by atoms with E-state index in [0.717, 1.165) is 48.2 Å². The zero-order valence-electron chi connectivity index (χ0n) is 15.5. The Balaban J connectivity index is 2.20. The van der Waals surface area contributed by atoms with Crippen LogP contribution in [-0.2, 0) is 9.53 Å². The lowest BCUT2D eigenvalue weighted by Crippen LogP contribution is -2.45. The number of benzene rings is 1. The van der Waals surface area contributed by atoms with Crippen molar-refractivity contribution in [2.24, 2.45) is 0 Å². The molecule has 4 heteroatoms. The number of anilines is 1. The van der Waals surface area contributed by atoms with Crippen LogP contribution in [0.2, 0.25) is 0 Å². The standard InChI is InChI=1S/C20H31NO3/c1-5-23-18-15(3)13-17(14-16(18)4)21-19(22)20(24-6-2)11-9-7-8-10-12-20/h13-14H,5-12H2,1-4H3,(H,21,22). The maximum atomic E-state index is 13.0. The van der Waals surface area contributed by atoms with Gasteiger partial charge in [0.2, 0.25) is 0 Å². The molecule has 0 aliphatic heterocycles. The van der Waals surface area contributed by atoms with Crippen LogP contribution in [0.3, 0.4) is 0 Å². The Bertz CT molecular complexity index is 537. The second kappa shape index (κ2) is 8.52. The first-order valence-corrected chi connectivity index (χ1v) is 9.22. The fraction of sp³-hybridized carbons (Fsp3) is 0.650. The lowest BCUT2D eigenvalue weighted by molar-refractivity contribution is -0.143. The summed E-state index contributed by atoms with van der Waals surface area (Å²) >= 11 is 0. The molecule has 0 radical (unpaired) electrons. The summed E-state index contributed by atoms with van der Waals surface area (Å²) in [5.74, 6) is 0.902. The van der Waals surface area contributed by atoms with E-state index in [2.05, 4.69) is 5.32 Å². The minimum atomic E-state index is -0.675. The van der Waals surface area contributed by atoms with Gasteiger partial charge in [0.05, 0.1) is 6.61 Å². The van der Waals surface area contributed by atoms with Crippen LogP contribution in [0.25, 0.3) is 0 Å². The molecule has 0 aromatic heterocycles. The largest absolute Gasteiger partial charge is 0.493 e. The average Bonchev–Trinajstić information content (AvgIpc) is 2.78. The van der Waals surface area contributed by atoms with Crippen LogP contribution in [0.1, 0.15) is 63.5 Å². The van der Waals surface area contributed by atoms with Gasteiger partial charge in [0.25, 0.3) is 5.91 Å². The van der Waals surface area contributed by atoms with Gasteiger partial charge >= 0.3 is 0 Å². The number of aryl methyl sites for hydroxylation is 2. The van der Waals surface area contributed by atoms with Gasteiger partial charge in [-0.15, -0.1) is 0 Å². The lowest BCUT2D eigenvalue weighted by atomic mass is 9.92. The number of amides is 1. The Morgan fingerprint density at radius 1 is 1.04 bits per heavy atom. The summed E-state index contributed by atoms with van der Waals surface area (Å²) in [4.78, 5) is 13.0. The van der Waals surface area contributed by atoms with E-state index >= 15 is 0 Å². The summed E-state index contributed by atoms with van der Waals surface area (Å²) in [6.07, 6.45) is 6.08. The summed E-state index contributed by atoms with van der Waals surface area (Å²) in [5, 5.41) is 3.10. The zero-order chi connectivity index (χ0) is 17.6. The average molecular weight is 333 g/mol. The van der Waals surface area contributed by atoms with Crippen molar-refractivity contribution < 1.29 is 14.3 Å². The summed E-state index contributed by atoms with van der Waals surface area (Å²) in [5.41, 5.74) is 2.23. The molecule has 0 atom stereocenters. The van der Waals surface area contributed by atoms with Crippen LogP contribution in [0.5, 0.6) is 5.75 Å². The van der Waals surface area contributed by atoms with Crippen LogP contribution < -0.4 is 10.1 Å². The third kappa shape index (κ3) is 4.29. The highest BCUT2D eigenvalue weighted by Crippen LogP contribution is 2.33. The molecule has 0 heterocycles. The van der Waals surface area contributed by atoms with Gasteiger partial charge in [-0.2, -0.15) is 0 Å². The second-order valence-corrected chi connectivity index (χ2v) is 6.67. The van der Waals surface area contributed by atoms with Crippen LogP contribution in [-0.4, -0.2) is 24.7 Å². The van der Waals surface area contributed by atoms with Gasteiger partial charge in [-0.3, -0.25) is 4.79 Å². The number of carbonyl (C=O) groups is 1. The van der Waals surface area contributed by atoms with Crippen LogP contribution in [0, 0.1) is 13.8 Å². The lowest BCUT2D eigenvalue weighted by Gasteiger charge is -2.31. The molecule has 1 N–H and O–H groups in total. The van der Waals surface area contributed by atoms with Crippen molar-refractivity contribution in [1.29, 1.82) is 0 Å². The van der Waals surface area contributed by atoms with E-state index in [1.54, 1.807) is 0 Å². The van der Waals surface area contributed by atoms with Gasteiger partial charge in [0, 0.05) is 12.3 Å². The van der Waals surface area contributed by atoms with Crippen molar-refractivity contribution in [1.82, 2.24) is 0 Å². The smallest absolute Gasteiger partial charge is 0.256 e. The van der Waals surface area contributed by atoms with E-state index in [9.17, 15) is 4.79 Å². The van der Waals surface area contributed by atoms with Gasteiger partial charge < -0.3 is 14.8 Å². The third-order valence-corrected chi connectivity index (χ3v) is 4.75.